The molecule has 1 amide bonds. The Balaban J connectivity index is 0.00000231. The van der Waals surface area contributed by atoms with Crippen molar-refractivity contribution in [3.63, 3.8) is 0 Å². The van der Waals surface area contributed by atoms with Crippen LogP contribution in [0.5, 0.6) is 5.75 Å². The Kier molecular flexibility index (Phi) is 6.56. The molecule has 5 rings (SSSR count). The van der Waals surface area contributed by atoms with Gasteiger partial charge in [0.25, 0.3) is 0 Å². The van der Waals surface area contributed by atoms with Crippen molar-refractivity contribution in [1.29, 1.82) is 0 Å². The molecule has 3 aliphatic heterocycles. The van der Waals surface area contributed by atoms with Crippen molar-refractivity contribution >= 4 is 18.3 Å². The fraction of sp³-hybridized carbons (Fsp3) is 0.480. The van der Waals surface area contributed by atoms with Crippen molar-refractivity contribution in [2.45, 2.75) is 49.8 Å². The predicted octanol–water partition coefficient (Wildman–Crippen LogP) is 4.00. The van der Waals surface area contributed by atoms with Gasteiger partial charge in [-0.25, -0.2) is 0 Å². The van der Waals surface area contributed by atoms with Crippen LogP contribution in [0.15, 0.2) is 48.5 Å². The van der Waals surface area contributed by atoms with Crippen LogP contribution in [0.25, 0.3) is 0 Å². The first-order valence-corrected chi connectivity index (χ1v) is 11.1. The molecule has 5 nitrogen and oxygen atoms in total. The first-order valence-electron chi connectivity index (χ1n) is 11.1. The average molecular weight is 443 g/mol. The van der Waals surface area contributed by atoms with Gasteiger partial charge in [0.05, 0.1) is 25.4 Å². The number of hydrogen-bond donors (Lipinski definition) is 1. The molecule has 31 heavy (non-hydrogen) atoms. The monoisotopic (exact) mass is 442 g/mol. The molecule has 2 aromatic rings. The molecule has 2 fully saturated rings. The topological polar surface area (TPSA) is 50.8 Å². The smallest absolute Gasteiger partial charge is 0.239 e. The summed E-state index contributed by atoms with van der Waals surface area (Å²) >= 11 is 0. The molecule has 3 heterocycles. The molecule has 1 spiro atoms. The minimum absolute atomic E-state index is 0. The first-order chi connectivity index (χ1) is 14.7. The Labute approximate surface area is 190 Å². The maximum Gasteiger partial charge on any atom is 0.239 e. The maximum absolute atomic E-state index is 13.2. The highest BCUT2D eigenvalue weighted by molar-refractivity contribution is 5.85. The van der Waals surface area contributed by atoms with Gasteiger partial charge in [0.1, 0.15) is 5.75 Å². The lowest BCUT2D eigenvalue weighted by Gasteiger charge is -2.45. The fourth-order valence-electron chi connectivity index (χ4n) is 5.39. The van der Waals surface area contributed by atoms with Crippen LogP contribution < -0.4 is 10.1 Å². The number of piperidine rings is 1. The third-order valence-electron chi connectivity index (χ3n) is 7.08. The highest BCUT2D eigenvalue weighted by Gasteiger charge is 2.43. The van der Waals surface area contributed by atoms with E-state index in [9.17, 15) is 4.79 Å². The molecule has 6 heteroatoms. The zero-order chi connectivity index (χ0) is 20.6. The number of benzene rings is 2. The molecule has 1 N–H and O–H groups in total. The Morgan fingerprint density at radius 1 is 1.13 bits per heavy atom. The van der Waals surface area contributed by atoms with E-state index in [0.717, 1.165) is 57.6 Å². The lowest BCUT2D eigenvalue weighted by Crippen LogP contribution is -2.52. The van der Waals surface area contributed by atoms with E-state index in [2.05, 4.69) is 41.7 Å². The molecule has 2 atom stereocenters. The van der Waals surface area contributed by atoms with E-state index in [1.165, 1.54) is 16.7 Å². The number of amides is 1. The van der Waals surface area contributed by atoms with E-state index in [4.69, 9.17) is 9.47 Å². The number of rotatable bonds is 3. The standard InChI is InChI=1S/C25H30N2O3.ClH/c1-29-20-7-8-21-19(17-20)11-16-30-25(21)12-14-27(15-13-25)24(28)23-10-9-22(26-23)18-5-3-2-4-6-18;/h2-8,17,22-23,26H,9-16H2,1H3;1H/t22-,23-;/m1./s1. The minimum Gasteiger partial charge on any atom is -0.497 e. The lowest BCUT2D eigenvalue weighted by atomic mass is 9.79. The summed E-state index contributed by atoms with van der Waals surface area (Å²) in [6, 6.07) is 17.0. The predicted molar refractivity (Wildman–Crippen MR) is 123 cm³/mol. The van der Waals surface area contributed by atoms with Crippen LogP contribution >= 0.6 is 12.4 Å². The fourth-order valence-corrected chi connectivity index (χ4v) is 5.39. The number of fused-ring (bicyclic) bond motifs is 2. The molecule has 166 valence electrons. The van der Waals surface area contributed by atoms with Crippen LogP contribution in [0.3, 0.4) is 0 Å². The molecule has 0 saturated carbocycles. The zero-order valence-corrected chi connectivity index (χ0v) is 18.8. The molecule has 0 aliphatic carbocycles. The number of hydrogen-bond acceptors (Lipinski definition) is 4. The minimum atomic E-state index is -0.258. The number of likely N-dealkylation sites (tertiary alicyclic amines) is 1. The lowest BCUT2D eigenvalue weighted by molar-refractivity contribution is -0.142. The Bertz CT molecular complexity index is 912. The van der Waals surface area contributed by atoms with Gasteiger partial charge in [-0.2, -0.15) is 0 Å². The van der Waals surface area contributed by atoms with Gasteiger partial charge in [0.15, 0.2) is 0 Å². The summed E-state index contributed by atoms with van der Waals surface area (Å²) < 4.78 is 11.7. The van der Waals surface area contributed by atoms with Crippen LogP contribution in [0.1, 0.15) is 48.4 Å². The van der Waals surface area contributed by atoms with Crippen molar-refractivity contribution < 1.29 is 14.3 Å². The summed E-state index contributed by atoms with van der Waals surface area (Å²) in [5.74, 6) is 1.15. The maximum atomic E-state index is 13.2. The molecule has 0 bridgehead atoms. The summed E-state index contributed by atoms with van der Waals surface area (Å²) in [5.41, 5.74) is 3.62. The van der Waals surface area contributed by atoms with Gasteiger partial charge in [-0.05, 0) is 60.9 Å². The van der Waals surface area contributed by atoms with E-state index in [1.54, 1.807) is 7.11 Å². The third-order valence-corrected chi connectivity index (χ3v) is 7.08. The summed E-state index contributed by atoms with van der Waals surface area (Å²) in [6.45, 7) is 2.23. The molecule has 3 aliphatic rings. The number of nitrogens with one attached hydrogen (secondary N) is 1. The van der Waals surface area contributed by atoms with Gasteiger partial charge in [-0.3, -0.25) is 10.1 Å². The quantitative estimate of drug-likeness (QED) is 0.780. The highest BCUT2D eigenvalue weighted by atomic mass is 35.5. The zero-order valence-electron chi connectivity index (χ0n) is 18.0. The van der Waals surface area contributed by atoms with Crippen molar-refractivity contribution in [2.75, 3.05) is 26.8 Å². The number of methoxy groups -OCH3 is 1. The second-order valence-electron chi connectivity index (χ2n) is 8.70. The Morgan fingerprint density at radius 3 is 2.65 bits per heavy atom. The van der Waals surface area contributed by atoms with Crippen LogP contribution in [0.4, 0.5) is 0 Å². The van der Waals surface area contributed by atoms with Gasteiger partial charge in [-0.15, -0.1) is 12.4 Å². The van der Waals surface area contributed by atoms with E-state index >= 15 is 0 Å². The van der Waals surface area contributed by atoms with E-state index in [-0.39, 0.29) is 36.0 Å². The Morgan fingerprint density at radius 2 is 1.90 bits per heavy atom. The normalized spacial score (nSPS) is 24.4. The van der Waals surface area contributed by atoms with Crippen molar-refractivity contribution in [3.8, 4) is 5.75 Å². The van der Waals surface area contributed by atoms with Crippen molar-refractivity contribution in [3.05, 3.63) is 65.2 Å². The molecule has 0 aromatic heterocycles. The SMILES string of the molecule is COc1ccc2c(c1)CCOC21CCN(C(=O)[C@H]2CC[C@H](c3ccccc3)N2)CC1.Cl. The number of ether oxygens (including phenoxy) is 2. The molecular weight excluding hydrogens is 412 g/mol. The largest absolute Gasteiger partial charge is 0.497 e. The summed E-state index contributed by atoms with van der Waals surface area (Å²) in [7, 11) is 1.71. The second-order valence-corrected chi connectivity index (χ2v) is 8.70. The van der Waals surface area contributed by atoms with Crippen LogP contribution in [-0.4, -0.2) is 43.7 Å². The van der Waals surface area contributed by atoms with Crippen molar-refractivity contribution in [1.82, 2.24) is 10.2 Å². The van der Waals surface area contributed by atoms with E-state index in [1.807, 2.05) is 17.0 Å². The number of carbonyl (C=O) groups excluding carboxylic acids is 1. The van der Waals surface area contributed by atoms with Gasteiger partial charge in [0.2, 0.25) is 5.91 Å². The van der Waals surface area contributed by atoms with Crippen LogP contribution in [0, 0.1) is 0 Å². The second kappa shape index (κ2) is 9.19. The van der Waals surface area contributed by atoms with Gasteiger partial charge in [0, 0.05) is 19.1 Å². The van der Waals surface area contributed by atoms with Crippen LogP contribution in [0.2, 0.25) is 0 Å². The molecule has 2 aromatic carbocycles. The molecule has 0 unspecified atom stereocenters. The number of nitrogens with zero attached hydrogens (tertiary/aromatic N) is 1. The first kappa shape index (κ1) is 22.1. The van der Waals surface area contributed by atoms with E-state index < -0.39 is 0 Å². The summed E-state index contributed by atoms with van der Waals surface area (Å²) in [5, 5.41) is 3.57. The highest BCUT2D eigenvalue weighted by Crippen LogP contribution is 2.42. The van der Waals surface area contributed by atoms with Crippen LogP contribution in [-0.2, 0) is 21.6 Å². The number of halogens is 1. The van der Waals surface area contributed by atoms with Gasteiger partial charge in [-0.1, -0.05) is 36.4 Å². The van der Waals surface area contributed by atoms with Gasteiger partial charge >= 0.3 is 0 Å². The summed E-state index contributed by atoms with van der Waals surface area (Å²) in [6.07, 6.45) is 4.54. The van der Waals surface area contributed by atoms with Crippen molar-refractivity contribution in [2.24, 2.45) is 0 Å². The number of carbonyl (C=O) groups is 1. The third kappa shape index (κ3) is 4.19. The Hall–Kier alpha value is -2.08. The van der Waals surface area contributed by atoms with E-state index in [0.29, 0.717) is 0 Å². The average Bonchev–Trinajstić information content (AvgIpc) is 3.30. The van der Waals surface area contributed by atoms with Gasteiger partial charge < -0.3 is 14.4 Å². The molecule has 0 radical (unpaired) electrons. The summed E-state index contributed by atoms with van der Waals surface area (Å²) in [4.78, 5) is 15.2. The molecule has 2 saturated heterocycles. The molecular formula is C25H31ClN2O3.